The number of aliphatic hydroxyl groups excluding tert-OH is 3. The molecule has 2 saturated heterocycles. The van der Waals surface area contributed by atoms with Gasteiger partial charge < -0.3 is 58.0 Å². The molecule has 44 heavy (non-hydrogen) atoms. The van der Waals surface area contributed by atoms with Crippen molar-refractivity contribution in [2.75, 3.05) is 46.2 Å². The Balaban J connectivity index is 1.79. The van der Waals surface area contributed by atoms with Crippen LogP contribution in [0.1, 0.15) is 65.7 Å². The molecule has 3 rings (SSSR count). The summed E-state index contributed by atoms with van der Waals surface area (Å²) >= 11 is 0. The average molecular weight is 631 g/mol. The van der Waals surface area contributed by atoms with Crippen LogP contribution in [0.5, 0.6) is 0 Å². The van der Waals surface area contributed by atoms with E-state index >= 15 is 0 Å². The van der Waals surface area contributed by atoms with E-state index < -0.39 is 61.7 Å². The topological polar surface area (TPSA) is 144 Å². The van der Waals surface area contributed by atoms with Crippen LogP contribution in [0.2, 0.25) is 0 Å². The van der Waals surface area contributed by atoms with E-state index in [2.05, 4.69) is 27.4 Å². The fourth-order valence-electron chi connectivity index (χ4n) is 5.00. The zero-order valence-corrected chi connectivity index (χ0v) is 26.6. The Kier molecular flexibility index (Phi) is 17.0. The van der Waals surface area contributed by atoms with Crippen LogP contribution in [0.3, 0.4) is 0 Å². The predicted octanol–water partition coefficient (Wildman–Crippen LogP) is 3.09. The molecule has 0 saturated carbocycles. The first-order valence-electron chi connectivity index (χ1n) is 16.2. The van der Waals surface area contributed by atoms with Gasteiger partial charge in [-0.2, -0.15) is 0 Å². The molecule has 0 amide bonds. The molecule has 0 aromatic carbocycles. The van der Waals surface area contributed by atoms with Gasteiger partial charge in [0.1, 0.15) is 49.0 Å². The van der Waals surface area contributed by atoms with E-state index in [1.807, 2.05) is 0 Å². The average Bonchev–Trinajstić information content (AvgIpc) is 3.03. The fourth-order valence-corrected chi connectivity index (χ4v) is 5.00. The SMILES string of the molecule is C=CCOC1C(O)C(CO)OC(OC2CCOC(COCCCC)C2OC2=CC(OCCCC)C(OCCCC)=CO2)C1O. The molecule has 9 unspecified atom stereocenters. The van der Waals surface area contributed by atoms with E-state index in [4.69, 9.17) is 42.6 Å². The van der Waals surface area contributed by atoms with E-state index in [9.17, 15) is 15.3 Å². The summed E-state index contributed by atoms with van der Waals surface area (Å²) in [7, 11) is 0. The molecule has 0 aliphatic carbocycles. The summed E-state index contributed by atoms with van der Waals surface area (Å²) < 4.78 is 54.1. The molecule has 9 atom stereocenters. The highest BCUT2D eigenvalue weighted by atomic mass is 16.7. The molecule has 2 fully saturated rings. The van der Waals surface area contributed by atoms with E-state index in [1.54, 1.807) is 6.08 Å². The molecular weight excluding hydrogens is 576 g/mol. The number of hydrogen-bond donors (Lipinski definition) is 3. The van der Waals surface area contributed by atoms with Gasteiger partial charge in [0.2, 0.25) is 0 Å². The summed E-state index contributed by atoms with van der Waals surface area (Å²) in [6.07, 6.45) is 2.63. The summed E-state index contributed by atoms with van der Waals surface area (Å²) in [4.78, 5) is 0. The smallest absolute Gasteiger partial charge is 0.283 e. The summed E-state index contributed by atoms with van der Waals surface area (Å²) in [5, 5.41) is 31.5. The van der Waals surface area contributed by atoms with Crippen LogP contribution in [-0.4, -0.2) is 117 Å². The van der Waals surface area contributed by atoms with Crippen LogP contribution in [-0.2, 0) is 42.6 Å². The normalized spacial score (nSPS) is 32.4. The van der Waals surface area contributed by atoms with Crippen LogP contribution >= 0.6 is 0 Å². The lowest BCUT2D eigenvalue weighted by molar-refractivity contribution is -0.331. The lowest BCUT2D eigenvalue weighted by Gasteiger charge is -2.45. The number of unbranched alkanes of at least 4 members (excludes halogenated alkanes) is 3. The molecule has 3 heterocycles. The number of hydrogen-bond acceptors (Lipinski definition) is 12. The minimum Gasteiger partial charge on any atom is -0.492 e. The Morgan fingerprint density at radius 1 is 0.955 bits per heavy atom. The molecule has 3 aliphatic rings. The van der Waals surface area contributed by atoms with E-state index in [0.717, 1.165) is 38.5 Å². The molecule has 12 nitrogen and oxygen atoms in total. The predicted molar refractivity (Wildman–Crippen MR) is 160 cm³/mol. The highest BCUT2D eigenvalue weighted by Gasteiger charge is 2.48. The molecule has 0 bridgehead atoms. The maximum absolute atomic E-state index is 11.1. The zero-order valence-electron chi connectivity index (χ0n) is 26.6. The van der Waals surface area contributed by atoms with Gasteiger partial charge in [-0.1, -0.05) is 46.1 Å². The molecule has 3 N–H and O–H groups in total. The maximum atomic E-state index is 11.1. The lowest BCUT2D eigenvalue weighted by atomic mass is 9.98. The Bertz CT molecular complexity index is 866. The molecular formula is C32H54O12. The van der Waals surface area contributed by atoms with Gasteiger partial charge in [0, 0.05) is 32.3 Å². The van der Waals surface area contributed by atoms with Gasteiger partial charge in [-0.25, -0.2) is 0 Å². The van der Waals surface area contributed by atoms with Gasteiger partial charge in [-0.15, -0.1) is 6.58 Å². The van der Waals surface area contributed by atoms with E-state index in [0.29, 0.717) is 38.6 Å². The number of ether oxygens (including phenoxy) is 9. The highest BCUT2D eigenvalue weighted by Crippen LogP contribution is 2.32. The summed E-state index contributed by atoms with van der Waals surface area (Å²) in [6.45, 7) is 11.8. The minimum atomic E-state index is -1.34. The second-order valence-corrected chi connectivity index (χ2v) is 11.1. The molecule has 0 aromatic rings. The first kappa shape index (κ1) is 36.7. The Morgan fingerprint density at radius 2 is 1.70 bits per heavy atom. The first-order valence-corrected chi connectivity index (χ1v) is 16.2. The van der Waals surface area contributed by atoms with Crippen molar-refractivity contribution in [2.45, 2.75) is 121 Å². The van der Waals surface area contributed by atoms with Gasteiger partial charge in [-0.3, -0.25) is 0 Å². The largest absolute Gasteiger partial charge is 0.492 e. The van der Waals surface area contributed by atoms with Crippen molar-refractivity contribution >= 4 is 0 Å². The first-order chi connectivity index (χ1) is 21.5. The fraction of sp³-hybridized carbons (Fsp3) is 0.812. The monoisotopic (exact) mass is 630 g/mol. The second kappa shape index (κ2) is 20.4. The highest BCUT2D eigenvalue weighted by molar-refractivity contribution is 5.14. The van der Waals surface area contributed by atoms with Gasteiger partial charge >= 0.3 is 0 Å². The molecule has 0 radical (unpaired) electrons. The Morgan fingerprint density at radius 3 is 2.43 bits per heavy atom. The maximum Gasteiger partial charge on any atom is 0.283 e. The number of aliphatic hydroxyl groups is 3. The lowest BCUT2D eigenvalue weighted by Crippen LogP contribution is -2.62. The molecule has 0 aromatic heterocycles. The van der Waals surface area contributed by atoms with Gasteiger partial charge in [0.25, 0.3) is 5.95 Å². The summed E-state index contributed by atoms with van der Waals surface area (Å²) in [6, 6.07) is 0. The van der Waals surface area contributed by atoms with E-state index in [-0.39, 0.29) is 19.2 Å². The third-order valence-corrected chi connectivity index (χ3v) is 7.60. The Hall–Kier alpha value is -1.74. The third kappa shape index (κ3) is 11.0. The van der Waals surface area contributed by atoms with Crippen LogP contribution in [0.4, 0.5) is 0 Å². The standard InChI is InChI=1S/C32H54O12/c1-5-9-14-36-20-26-30(44-27-18-23(37-15-10-6-2)25(21-41-27)38-16-11-7-3)22(12-17-39-26)42-32-29(35)31(40-13-8-4)28(34)24(19-33)43-32/h8,18,21-24,26,28-35H,4-7,9-17,19-20H2,1-3H3. The van der Waals surface area contributed by atoms with Crippen molar-refractivity contribution in [3.63, 3.8) is 0 Å². The molecule has 3 aliphatic heterocycles. The number of rotatable bonds is 21. The van der Waals surface area contributed by atoms with Crippen molar-refractivity contribution < 1.29 is 58.0 Å². The molecule has 254 valence electrons. The summed E-state index contributed by atoms with van der Waals surface area (Å²) in [5.41, 5.74) is 0. The van der Waals surface area contributed by atoms with Crippen molar-refractivity contribution in [3.8, 4) is 0 Å². The minimum absolute atomic E-state index is 0.0918. The third-order valence-electron chi connectivity index (χ3n) is 7.60. The van der Waals surface area contributed by atoms with Gasteiger partial charge in [-0.05, 0) is 19.3 Å². The van der Waals surface area contributed by atoms with Crippen molar-refractivity contribution in [2.24, 2.45) is 0 Å². The van der Waals surface area contributed by atoms with Gasteiger partial charge in [0.05, 0.1) is 26.4 Å². The van der Waals surface area contributed by atoms with Crippen LogP contribution < -0.4 is 0 Å². The van der Waals surface area contributed by atoms with E-state index in [1.165, 1.54) is 12.3 Å². The Labute approximate surface area is 261 Å². The zero-order chi connectivity index (χ0) is 31.7. The van der Waals surface area contributed by atoms with Crippen molar-refractivity contribution in [1.29, 1.82) is 0 Å². The van der Waals surface area contributed by atoms with Crippen LogP contribution in [0.15, 0.2) is 36.7 Å². The molecule has 0 spiro atoms. The van der Waals surface area contributed by atoms with Crippen LogP contribution in [0.25, 0.3) is 0 Å². The van der Waals surface area contributed by atoms with Crippen molar-refractivity contribution in [3.05, 3.63) is 36.7 Å². The van der Waals surface area contributed by atoms with Gasteiger partial charge in [0.15, 0.2) is 18.2 Å². The quantitative estimate of drug-likeness (QED) is 0.127. The van der Waals surface area contributed by atoms with Crippen LogP contribution in [0, 0.1) is 0 Å². The van der Waals surface area contributed by atoms with Crippen molar-refractivity contribution in [1.82, 2.24) is 0 Å². The second-order valence-electron chi connectivity index (χ2n) is 11.1. The molecule has 12 heteroatoms. The summed E-state index contributed by atoms with van der Waals surface area (Å²) in [5.74, 6) is 0.782.